The first-order valence-corrected chi connectivity index (χ1v) is 8.21. The van der Waals surface area contributed by atoms with Crippen LogP contribution in [0, 0.1) is 11.8 Å². The summed E-state index contributed by atoms with van der Waals surface area (Å²) in [6.45, 7) is 6.30. The zero-order valence-electron chi connectivity index (χ0n) is 13.1. The lowest BCUT2D eigenvalue weighted by Gasteiger charge is -2.26. The van der Waals surface area contributed by atoms with Crippen LogP contribution in [-0.4, -0.2) is 13.1 Å². The maximum atomic E-state index is 5.92. The average molecular weight is 274 g/mol. The number of nitrogens with two attached hydrogens (primary N) is 1. The molecule has 1 atom stereocenters. The molecule has 20 heavy (non-hydrogen) atoms. The third-order valence-electron chi connectivity index (χ3n) is 4.43. The van der Waals surface area contributed by atoms with E-state index in [-0.39, 0.29) is 0 Å². The van der Waals surface area contributed by atoms with Gasteiger partial charge in [0.1, 0.15) is 0 Å². The predicted molar refractivity (Wildman–Crippen MR) is 86.7 cm³/mol. The van der Waals surface area contributed by atoms with Crippen molar-refractivity contribution in [2.75, 3.05) is 13.1 Å². The first-order chi connectivity index (χ1) is 9.69. The largest absolute Gasteiger partial charge is 0.329 e. The summed E-state index contributed by atoms with van der Waals surface area (Å²) in [7, 11) is 0. The fourth-order valence-electron chi connectivity index (χ4n) is 2.94. The first-order valence-electron chi connectivity index (χ1n) is 8.21. The Morgan fingerprint density at radius 1 is 1.20 bits per heavy atom. The highest BCUT2D eigenvalue weighted by molar-refractivity contribution is 5.25. The van der Waals surface area contributed by atoms with Gasteiger partial charge in [0.2, 0.25) is 0 Å². The topological polar surface area (TPSA) is 38.0 Å². The lowest BCUT2D eigenvalue weighted by atomic mass is 9.83. The monoisotopic (exact) mass is 274 g/mol. The smallest absolute Gasteiger partial charge is 0.0444 e. The Morgan fingerprint density at radius 3 is 2.40 bits per heavy atom. The van der Waals surface area contributed by atoms with Crippen molar-refractivity contribution in [3.63, 3.8) is 0 Å². The second kappa shape index (κ2) is 7.80. The molecule has 1 aliphatic rings. The van der Waals surface area contributed by atoms with Crippen LogP contribution in [0.2, 0.25) is 0 Å². The van der Waals surface area contributed by atoms with Gasteiger partial charge in [-0.05, 0) is 42.3 Å². The van der Waals surface area contributed by atoms with Gasteiger partial charge < -0.3 is 11.1 Å². The number of hydrogen-bond donors (Lipinski definition) is 2. The van der Waals surface area contributed by atoms with E-state index in [1.165, 1.54) is 36.8 Å². The van der Waals surface area contributed by atoms with Gasteiger partial charge >= 0.3 is 0 Å². The minimum atomic E-state index is 0.308. The molecule has 0 amide bonds. The molecule has 0 radical (unpaired) electrons. The molecule has 0 bridgehead atoms. The van der Waals surface area contributed by atoms with Crippen LogP contribution in [0.5, 0.6) is 0 Å². The standard InChI is InChI=1S/C18H30N2/c1-14(2)12-16-6-8-17(9-7-16)18(13-19)20-11-10-15-4-3-5-15/h6-9,14-15,18,20H,3-5,10-13,19H2,1-2H3. The molecule has 1 aromatic rings. The summed E-state index contributed by atoms with van der Waals surface area (Å²) in [5.74, 6) is 1.68. The van der Waals surface area contributed by atoms with E-state index in [0.29, 0.717) is 18.5 Å². The fraction of sp³-hybridized carbons (Fsp3) is 0.667. The zero-order valence-corrected chi connectivity index (χ0v) is 13.1. The molecule has 1 saturated carbocycles. The predicted octanol–water partition coefficient (Wildman–Crippen LogP) is 3.66. The Bertz CT molecular complexity index is 379. The normalized spacial score (nSPS) is 17.2. The second-order valence-electron chi connectivity index (χ2n) is 6.67. The van der Waals surface area contributed by atoms with Crippen molar-refractivity contribution in [1.29, 1.82) is 0 Å². The average Bonchev–Trinajstić information content (AvgIpc) is 2.37. The number of hydrogen-bond acceptors (Lipinski definition) is 2. The Morgan fingerprint density at radius 2 is 1.90 bits per heavy atom. The quantitative estimate of drug-likeness (QED) is 0.759. The molecular formula is C18H30N2. The van der Waals surface area contributed by atoms with Gasteiger partial charge in [0.15, 0.2) is 0 Å². The van der Waals surface area contributed by atoms with Crippen LogP contribution in [0.15, 0.2) is 24.3 Å². The van der Waals surface area contributed by atoms with Crippen molar-refractivity contribution in [3.8, 4) is 0 Å². The summed E-state index contributed by atoms with van der Waals surface area (Å²) in [4.78, 5) is 0. The lowest BCUT2D eigenvalue weighted by molar-refractivity contribution is 0.288. The molecule has 2 rings (SSSR count). The summed E-state index contributed by atoms with van der Waals surface area (Å²) in [5.41, 5.74) is 8.68. The first kappa shape index (κ1) is 15.5. The van der Waals surface area contributed by atoms with Gasteiger partial charge in [0.25, 0.3) is 0 Å². The highest BCUT2D eigenvalue weighted by atomic mass is 14.9. The molecule has 1 unspecified atom stereocenters. The van der Waals surface area contributed by atoms with Crippen LogP contribution >= 0.6 is 0 Å². The van der Waals surface area contributed by atoms with Gasteiger partial charge in [-0.25, -0.2) is 0 Å². The van der Waals surface area contributed by atoms with Crippen LogP contribution in [0.1, 0.15) is 56.7 Å². The summed E-state index contributed by atoms with van der Waals surface area (Å²) >= 11 is 0. The van der Waals surface area contributed by atoms with E-state index in [1.54, 1.807) is 0 Å². The molecule has 0 saturated heterocycles. The number of benzene rings is 1. The van der Waals surface area contributed by atoms with E-state index in [2.05, 4.69) is 43.4 Å². The SMILES string of the molecule is CC(C)Cc1ccc(C(CN)NCCC2CCC2)cc1. The van der Waals surface area contributed by atoms with E-state index in [4.69, 9.17) is 5.73 Å². The Kier molecular flexibility index (Phi) is 6.06. The molecule has 1 aliphatic carbocycles. The number of nitrogens with one attached hydrogen (secondary N) is 1. The molecule has 0 aliphatic heterocycles. The Labute approximate surface area is 124 Å². The van der Waals surface area contributed by atoms with Gasteiger partial charge in [-0.1, -0.05) is 57.4 Å². The third-order valence-corrected chi connectivity index (χ3v) is 4.43. The molecule has 3 N–H and O–H groups in total. The van der Waals surface area contributed by atoms with Crippen LogP contribution < -0.4 is 11.1 Å². The van der Waals surface area contributed by atoms with Gasteiger partial charge in [-0.15, -0.1) is 0 Å². The number of rotatable bonds is 8. The summed E-state index contributed by atoms with van der Waals surface area (Å²) in [6, 6.07) is 9.30. The van der Waals surface area contributed by atoms with Crippen LogP contribution in [0.4, 0.5) is 0 Å². The molecule has 1 aromatic carbocycles. The Balaban J connectivity index is 1.82. The lowest BCUT2D eigenvalue weighted by Crippen LogP contribution is -2.30. The van der Waals surface area contributed by atoms with Gasteiger partial charge in [-0.3, -0.25) is 0 Å². The summed E-state index contributed by atoms with van der Waals surface area (Å²) < 4.78 is 0. The molecule has 2 heteroatoms. The van der Waals surface area contributed by atoms with Crippen molar-refractivity contribution in [2.24, 2.45) is 17.6 Å². The molecule has 0 aromatic heterocycles. The van der Waals surface area contributed by atoms with E-state index in [1.807, 2.05) is 0 Å². The fourth-order valence-corrected chi connectivity index (χ4v) is 2.94. The zero-order chi connectivity index (χ0) is 14.4. The third kappa shape index (κ3) is 4.60. The van der Waals surface area contributed by atoms with Gasteiger partial charge in [-0.2, -0.15) is 0 Å². The van der Waals surface area contributed by atoms with E-state index < -0.39 is 0 Å². The van der Waals surface area contributed by atoms with Gasteiger partial charge in [0.05, 0.1) is 0 Å². The van der Waals surface area contributed by atoms with Crippen molar-refractivity contribution in [1.82, 2.24) is 5.32 Å². The maximum absolute atomic E-state index is 5.92. The van der Waals surface area contributed by atoms with Crippen LogP contribution in [0.3, 0.4) is 0 Å². The molecule has 0 spiro atoms. The summed E-state index contributed by atoms with van der Waals surface area (Å²) in [6.07, 6.45) is 6.75. The minimum absolute atomic E-state index is 0.308. The summed E-state index contributed by atoms with van der Waals surface area (Å²) in [5, 5.41) is 3.62. The molecular weight excluding hydrogens is 244 g/mol. The van der Waals surface area contributed by atoms with Crippen molar-refractivity contribution >= 4 is 0 Å². The molecule has 2 nitrogen and oxygen atoms in total. The van der Waals surface area contributed by atoms with Gasteiger partial charge in [0, 0.05) is 12.6 Å². The molecule has 1 fully saturated rings. The van der Waals surface area contributed by atoms with E-state index in [0.717, 1.165) is 18.9 Å². The molecule has 112 valence electrons. The highest BCUT2D eigenvalue weighted by Gasteiger charge is 2.17. The van der Waals surface area contributed by atoms with Crippen molar-refractivity contribution in [2.45, 2.75) is 52.0 Å². The highest BCUT2D eigenvalue weighted by Crippen LogP contribution is 2.29. The van der Waals surface area contributed by atoms with Crippen LogP contribution in [-0.2, 0) is 6.42 Å². The minimum Gasteiger partial charge on any atom is -0.329 e. The van der Waals surface area contributed by atoms with E-state index in [9.17, 15) is 0 Å². The molecule has 0 heterocycles. The Hall–Kier alpha value is -0.860. The maximum Gasteiger partial charge on any atom is 0.0444 e. The van der Waals surface area contributed by atoms with E-state index >= 15 is 0 Å². The van der Waals surface area contributed by atoms with Crippen molar-refractivity contribution in [3.05, 3.63) is 35.4 Å². The second-order valence-corrected chi connectivity index (χ2v) is 6.67. The van der Waals surface area contributed by atoms with Crippen molar-refractivity contribution < 1.29 is 0 Å². The van der Waals surface area contributed by atoms with Crippen LogP contribution in [0.25, 0.3) is 0 Å².